The van der Waals surface area contributed by atoms with E-state index in [2.05, 4.69) is 15.0 Å². The highest BCUT2D eigenvalue weighted by Gasteiger charge is 2.40. The van der Waals surface area contributed by atoms with Gasteiger partial charge in [-0.2, -0.15) is 0 Å². The van der Waals surface area contributed by atoms with E-state index in [1.54, 1.807) is 18.3 Å². The van der Waals surface area contributed by atoms with Gasteiger partial charge in [-0.3, -0.25) is 10.1 Å². The van der Waals surface area contributed by atoms with Crippen molar-refractivity contribution in [2.75, 3.05) is 20.3 Å². The molecule has 2 N–H and O–H groups in total. The summed E-state index contributed by atoms with van der Waals surface area (Å²) in [5, 5.41) is 16.4. The maximum absolute atomic E-state index is 12.0. The van der Waals surface area contributed by atoms with E-state index in [4.69, 9.17) is 4.74 Å². The van der Waals surface area contributed by atoms with Gasteiger partial charge in [-0.15, -0.1) is 11.3 Å². The van der Waals surface area contributed by atoms with Gasteiger partial charge >= 0.3 is 12.1 Å². The van der Waals surface area contributed by atoms with E-state index < -0.39 is 23.8 Å². The van der Waals surface area contributed by atoms with Gasteiger partial charge in [-0.05, 0) is 48.4 Å². The van der Waals surface area contributed by atoms with Crippen LogP contribution in [-0.2, 0) is 19.8 Å². The van der Waals surface area contributed by atoms with E-state index in [1.165, 1.54) is 12.0 Å². The average Bonchev–Trinajstić information content (AvgIpc) is 3.12. The van der Waals surface area contributed by atoms with Gasteiger partial charge in [0.25, 0.3) is 0 Å². The number of nitrogens with one attached hydrogen (secondary N) is 1. The number of alkyl carbamates (subject to hydrolysis) is 1. The van der Waals surface area contributed by atoms with Gasteiger partial charge in [0.1, 0.15) is 12.8 Å². The van der Waals surface area contributed by atoms with Crippen LogP contribution in [0.25, 0.3) is 10.1 Å². The molecule has 1 amide bonds. The van der Waals surface area contributed by atoms with Gasteiger partial charge in [0.15, 0.2) is 0 Å². The lowest BCUT2D eigenvalue weighted by atomic mass is 9.86. The molecule has 150 valence electrons. The normalized spacial score (nSPS) is 21.9. The number of rotatable bonds is 4. The summed E-state index contributed by atoms with van der Waals surface area (Å²) in [6.07, 6.45) is -1.51. The molecule has 28 heavy (non-hydrogen) atoms. The molecule has 0 aliphatic carbocycles. The van der Waals surface area contributed by atoms with Crippen LogP contribution in [0.1, 0.15) is 25.8 Å². The number of thiophene rings is 1. The number of aliphatic hydroxyl groups excluding tert-OH is 1. The van der Waals surface area contributed by atoms with Crippen LogP contribution in [0.4, 0.5) is 4.79 Å². The van der Waals surface area contributed by atoms with E-state index in [0.717, 1.165) is 15.6 Å². The molecule has 1 aliphatic heterocycles. The van der Waals surface area contributed by atoms with Gasteiger partial charge in [-0.25, -0.2) is 9.79 Å². The number of nitrogens with zero attached hydrogens (tertiary/aromatic N) is 2. The number of carbonyl (C=O) groups is 2. The lowest BCUT2D eigenvalue weighted by Crippen LogP contribution is -2.56. The molecule has 8 nitrogen and oxygen atoms in total. The van der Waals surface area contributed by atoms with Gasteiger partial charge in [0, 0.05) is 11.1 Å². The van der Waals surface area contributed by atoms with Crippen molar-refractivity contribution in [3.05, 3.63) is 35.2 Å². The SMILES string of the molecule is CCOC(=O)NC1=N[C@](C)(c2ccc3sccc3c2)CC(O)N1CC(=O)OC. The summed E-state index contributed by atoms with van der Waals surface area (Å²) in [5.74, 6) is -0.490. The number of carbonyl (C=O) groups excluding carboxylic acids is 2. The third-order valence-corrected chi connectivity index (χ3v) is 5.55. The third kappa shape index (κ3) is 4.10. The van der Waals surface area contributed by atoms with Gasteiger partial charge < -0.3 is 19.5 Å². The Morgan fingerprint density at radius 1 is 1.43 bits per heavy atom. The molecule has 2 atom stereocenters. The molecule has 2 aromatic rings. The van der Waals surface area contributed by atoms with Crippen LogP contribution >= 0.6 is 11.3 Å². The molecule has 0 bridgehead atoms. The Bertz CT molecular complexity index is 912. The zero-order chi connectivity index (χ0) is 20.3. The predicted molar refractivity (Wildman–Crippen MR) is 106 cm³/mol. The fourth-order valence-electron chi connectivity index (χ4n) is 3.18. The summed E-state index contributed by atoms with van der Waals surface area (Å²) >= 11 is 1.65. The molecular formula is C19H23N3O5S. The van der Waals surface area contributed by atoms with Crippen LogP contribution in [0, 0.1) is 0 Å². The van der Waals surface area contributed by atoms with Crippen LogP contribution < -0.4 is 5.32 Å². The molecular weight excluding hydrogens is 382 g/mol. The summed E-state index contributed by atoms with van der Waals surface area (Å²) in [6, 6.07) is 8.03. The van der Waals surface area contributed by atoms with Gasteiger partial charge in [0.05, 0.1) is 19.3 Å². The Morgan fingerprint density at radius 2 is 2.21 bits per heavy atom. The summed E-state index contributed by atoms with van der Waals surface area (Å²) in [7, 11) is 1.26. The molecule has 1 aliphatic rings. The summed E-state index contributed by atoms with van der Waals surface area (Å²) in [5.41, 5.74) is 0.107. The van der Waals surface area contributed by atoms with Crippen molar-refractivity contribution in [2.45, 2.75) is 32.0 Å². The Kier molecular flexibility index (Phi) is 5.85. The Hall–Kier alpha value is -2.65. The molecule has 0 fully saturated rings. The topological polar surface area (TPSA) is 100 Å². The smallest absolute Gasteiger partial charge is 0.413 e. The fraction of sp³-hybridized carbons (Fsp3) is 0.421. The number of guanidine groups is 1. The lowest BCUT2D eigenvalue weighted by Gasteiger charge is -2.41. The molecule has 0 spiro atoms. The first-order valence-corrected chi connectivity index (χ1v) is 9.77. The van der Waals surface area contributed by atoms with Crippen molar-refractivity contribution in [2.24, 2.45) is 4.99 Å². The van der Waals surface area contributed by atoms with Crippen LogP contribution in [0.3, 0.4) is 0 Å². The molecule has 1 unspecified atom stereocenters. The van der Waals surface area contributed by atoms with Crippen molar-refractivity contribution in [3.8, 4) is 0 Å². The van der Waals surface area contributed by atoms with Crippen LogP contribution in [0.5, 0.6) is 0 Å². The van der Waals surface area contributed by atoms with E-state index in [1.807, 2.05) is 36.6 Å². The van der Waals surface area contributed by atoms with Crippen LogP contribution in [-0.4, -0.2) is 54.5 Å². The molecule has 3 rings (SSSR count). The number of benzene rings is 1. The largest absolute Gasteiger partial charge is 0.468 e. The standard InChI is InChI=1S/C19H23N3O5S/c1-4-27-18(25)20-17-21-19(2,10-15(23)22(17)11-16(24)26-3)13-5-6-14-12(9-13)7-8-28-14/h5-9,15,23H,4,10-11H2,1-3H3,(H,20,21,25)/t15?,19-/m0/s1. The molecule has 0 saturated heterocycles. The quantitative estimate of drug-likeness (QED) is 0.758. The number of aliphatic imine (C=N–C) groups is 1. The summed E-state index contributed by atoms with van der Waals surface area (Å²) < 4.78 is 10.8. The molecule has 0 saturated carbocycles. The fourth-order valence-corrected chi connectivity index (χ4v) is 3.95. The number of ether oxygens (including phenoxy) is 2. The number of fused-ring (bicyclic) bond motifs is 1. The monoisotopic (exact) mass is 405 g/mol. The minimum absolute atomic E-state index is 0.0653. The van der Waals surface area contributed by atoms with E-state index in [-0.39, 0.29) is 25.5 Å². The zero-order valence-electron chi connectivity index (χ0n) is 16.0. The van der Waals surface area contributed by atoms with Crippen molar-refractivity contribution in [1.82, 2.24) is 10.2 Å². The second-order valence-electron chi connectivity index (χ2n) is 6.62. The second-order valence-corrected chi connectivity index (χ2v) is 7.56. The maximum atomic E-state index is 12.0. The average molecular weight is 405 g/mol. The molecule has 1 aromatic heterocycles. The van der Waals surface area contributed by atoms with Crippen molar-refractivity contribution in [3.63, 3.8) is 0 Å². The van der Waals surface area contributed by atoms with E-state index in [0.29, 0.717) is 0 Å². The molecule has 2 heterocycles. The second kappa shape index (κ2) is 8.15. The minimum atomic E-state index is -1.04. The predicted octanol–water partition coefficient (Wildman–Crippen LogP) is 2.42. The summed E-state index contributed by atoms with van der Waals surface area (Å²) in [6.45, 7) is 3.50. The number of amides is 1. The van der Waals surface area contributed by atoms with E-state index >= 15 is 0 Å². The Labute approximate surface area is 166 Å². The van der Waals surface area contributed by atoms with Gasteiger partial charge in [0.2, 0.25) is 5.96 Å². The maximum Gasteiger partial charge on any atom is 0.413 e. The summed E-state index contributed by atoms with van der Waals surface area (Å²) in [4.78, 5) is 29.7. The minimum Gasteiger partial charge on any atom is -0.468 e. The molecule has 1 aromatic carbocycles. The number of hydrogen-bond donors (Lipinski definition) is 2. The Balaban J connectivity index is 1.99. The van der Waals surface area contributed by atoms with Crippen molar-refractivity contribution >= 4 is 39.4 Å². The molecule has 0 radical (unpaired) electrons. The zero-order valence-corrected chi connectivity index (χ0v) is 16.8. The lowest BCUT2D eigenvalue weighted by molar-refractivity contribution is -0.143. The highest BCUT2D eigenvalue weighted by molar-refractivity contribution is 7.17. The third-order valence-electron chi connectivity index (χ3n) is 4.66. The van der Waals surface area contributed by atoms with Crippen LogP contribution in [0.15, 0.2) is 34.6 Å². The highest BCUT2D eigenvalue weighted by Crippen LogP contribution is 2.37. The number of esters is 1. The highest BCUT2D eigenvalue weighted by atomic mass is 32.1. The first-order valence-electron chi connectivity index (χ1n) is 8.89. The first-order chi connectivity index (χ1) is 13.4. The van der Waals surface area contributed by atoms with Gasteiger partial charge in [-0.1, -0.05) is 6.07 Å². The van der Waals surface area contributed by atoms with E-state index in [9.17, 15) is 14.7 Å². The van der Waals surface area contributed by atoms with Crippen molar-refractivity contribution in [1.29, 1.82) is 0 Å². The first kappa shape index (κ1) is 20.1. The number of methoxy groups -OCH3 is 1. The molecule has 9 heteroatoms. The van der Waals surface area contributed by atoms with Crippen LogP contribution in [0.2, 0.25) is 0 Å². The number of aliphatic hydroxyl groups is 1. The van der Waals surface area contributed by atoms with Crippen molar-refractivity contribution < 1.29 is 24.2 Å². The number of hydrogen-bond acceptors (Lipinski definition) is 8. The Morgan fingerprint density at radius 3 is 2.93 bits per heavy atom.